The maximum Gasteiger partial charge on any atom is 0.257 e. The predicted octanol–water partition coefficient (Wildman–Crippen LogP) is 2.10. The molecule has 3 aromatic rings. The van der Waals surface area contributed by atoms with Gasteiger partial charge in [-0.2, -0.15) is 0 Å². The van der Waals surface area contributed by atoms with E-state index in [0.717, 1.165) is 42.2 Å². The third-order valence-corrected chi connectivity index (χ3v) is 6.49. The lowest BCUT2D eigenvalue weighted by Crippen LogP contribution is -2.45. The van der Waals surface area contributed by atoms with Crippen LogP contribution in [-0.2, 0) is 17.6 Å². The number of morpholine rings is 1. The Labute approximate surface area is 173 Å². The fourth-order valence-electron chi connectivity index (χ4n) is 4.92. The summed E-state index contributed by atoms with van der Waals surface area (Å²) >= 11 is 0. The molecule has 1 unspecified atom stereocenters. The molecule has 3 aliphatic heterocycles. The first-order chi connectivity index (χ1) is 14.7. The van der Waals surface area contributed by atoms with Gasteiger partial charge in [-0.1, -0.05) is 0 Å². The van der Waals surface area contributed by atoms with Crippen molar-refractivity contribution in [3.05, 3.63) is 46.9 Å². The molecular weight excluding hydrogens is 382 g/mol. The highest BCUT2D eigenvalue weighted by atomic mass is 16.5. The minimum atomic E-state index is -0.0282. The van der Waals surface area contributed by atoms with Crippen LogP contribution in [-0.4, -0.2) is 65.7 Å². The van der Waals surface area contributed by atoms with Crippen LogP contribution in [0.2, 0.25) is 0 Å². The number of aromatic amines is 1. The van der Waals surface area contributed by atoms with Crippen LogP contribution >= 0.6 is 0 Å². The molecule has 1 aromatic carbocycles. The Morgan fingerprint density at radius 2 is 2.10 bits per heavy atom. The Balaban J connectivity index is 1.40. The molecule has 1 atom stereocenters. The molecule has 0 radical (unpaired) electrons. The van der Waals surface area contributed by atoms with Crippen molar-refractivity contribution < 1.29 is 14.3 Å². The van der Waals surface area contributed by atoms with E-state index in [1.165, 1.54) is 10.9 Å². The fourth-order valence-corrected chi connectivity index (χ4v) is 4.92. The lowest BCUT2D eigenvalue weighted by molar-refractivity contribution is 0.0624. The van der Waals surface area contributed by atoms with Crippen molar-refractivity contribution in [2.75, 3.05) is 44.9 Å². The van der Waals surface area contributed by atoms with Gasteiger partial charge in [0.25, 0.3) is 5.91 Å². The number of fused-ring (bicyclic) bond motifs is 6. The van der Waals surface area contributed by atoms with Crippen molar-refractivity contribution in [2.24, 2.45) is 0 Å². The molecule has 154 valence electrons. The van der Waals surface area contributed by atoms with Crippen LogP contribution in [0.1, 0.15) is 33.4 Å². The van der Waals surface area contributed by atoms with Crippen molar-refractivity contribution in [3.63, 3.8) is 0 Å². The number of H-pyrrole nitrogens is 1. The summed E-state index contributed by atoms with van der Waals surface area (Å²) in [5.74, 6) is 1.56. The van der Waals surface area contributed by atoms with E-state index in [9.17, 15) is 4.79 Å². The highest BCUT2D eigenvalue weighted by Gasteiger charge is 2.39. The van der Waals surface area contributed by atoms with Crippen LogP contribution in [0, 0.1) is 0 Å². The normalized spacial score (nSPS) is 20.7. The molecular formula is C22H23N5O3. The molecule has 1 fully saturated rings. The zero-order chi connectivity index (χ0) is 20.2. The SMILES string of the molecule is COc1ccc2[nH]c3c(c2c1)CCN1C(=O)c2cnc(N4CCOCC4)nc2CC31. The maximum atomic E-state index is 13.2. The third kappa shape index (κ3) is 2.60. The van der Waals surface area contributed by atoms with E-state index < -0.39 is 0 Å². The van der Waals surface area contributed by atoms with Gasteiger partial charge in [0, 0.05) is 48.8 Å². The Hall–Kier alpha value is -3.13. The molecule has 2 aromatic heterocycles. The van der Waals surface area contributed by atoms with Crippen LogP contribution in [0.15, 0.2) is 24.4 Å². The summed E-state index contributed by atoms with van der Waals surface area (Å²) in [6, 6.07) is 6.07. The third-order valence-electron chi connectivity index (χ3n) is 6.49. The zero-order valence-electron chi connectivity index (χ0n) is 16.9. The van der Waals surface area contributed by atoms with Gasteiger partial charge in [-0.25, -0.2) is 9.97 Å². The van der Waals surface area contributed by atoms with Gasteiger partial charge in [-0.15, -0.1) is 0 Å². The first kappa shape index (κ1) is 17.7. The van der Waals surface area contributed by atoms with E-state index in [1.807, 2.05) is 17.0 Å². The maximum absolute atomic E-state index is 13.2. The second-order valence-corrected chi connectivity index (χ2v) is 8.03. The number of rotatable bonds is 2. The van der Waals surface area contributed by atoms with Crippen LogP contribution in [0.25, 0.3) is 10.9 Å². The van der Waals surface area contributed by atoms with Gasteiger partial charge in [-0.05, 0) is 30.2 Å². The number of ether oxygens (including phenoxy) is 2. The predicted molar refractivity (Wildman–Crippen MR) is 111 cm³/mol. The number of hydrogen-bond donors (Lipinski definition) is 1. The average molecular weight is 405 g/mol. The lowest BCUT2D eigenvalue weighted by atomic mass is 9.89. The number of anilines is 1. The van der Waals surface area contributed by atoms with Gasteiger partial charge < -0.3 is 24.3 Å². The average Bonchev–Trinajstić information content (AvgIpc) is 3.18. The first-order valence-corrected chi connectivity index (χ1v) is 10.4. The summed E-state index contributed by atoms with van der Waals surface area (Å²) in [7, 11) is 1.69. The standard InChI is InChI=1S/C22H23N5O3/c1-29-13-2-3-17-15(10-13)14-4-5-27-19(20(14)24-17)11-18-16(21(27)28)12-23-22(25-18)26-6-8-30-9-7-26/h2-3,10,12,19,24H,4-9,11H2,1H3. The monoisotopic (exact) mass is 405 g/mol. The van der Waals surface area contributed by atoms with Crippen LogP contribution in [0.5, 0.6) is 5.75 Å². The Morgan fingerprint density at radius 1 is 1.23 bits per heavy atom. The van der Waals surface area contributed by atoms with Gasteiger partial charge in [0.15, 0.2) is 0 Å². The molecule has 0 bridgehead atoms. The number of benzene rings is 1. The van der Waals surface area contributed by atoms with Crippen molar-refractivity contribution in [1.82, 2.24) is 19.9 Å². The summed E-state index contributed by atoms with van der Waals surface area (Å²) in [5, 5.41) is 1.18. The highest BCUT2D eigenvalue weighted by Crippen LogP contribution is 2.40. The highest BCUT2D eigenvalue weighted by molar-refractivity contribution is 5.97. The molecule has 1 amide bonds. The topological polar surface area (TPSA) is 83.6 Å². The van der Waals surface area contributed by atoms with Gasteiger partial charge in [0.2, 0.25) is 5.95 Å². The number of nitrogens with one attached hydrogen (secondary N) is 1. The molecule has 3 aliphatic rings. The largest absolute Gasteiger partial charge is 0.497 e. The number of carbonyl (C=O) groups is 1. The molecule has 6 rings (SSSR count). The fraction of sp³-hybridized carbons (Fsp3) is 0.409. The molecule has 0 saturated carbocycles. The van der Waals surface area contributed by atoms with Crippen molar-refractivity contribution in [3.8, 4) is 5.75 Å². The number of nitrogens with zero attached hydrogens (tertiary/aromatic N) is 4. The van der Waals surface area contributed by atoms with E-state index in [4.69, 9.17) is 14.5 Å². The second kappa shape index (κ2) is 6.70. The minimum absolute atomic E-state index is 0.0247. The molecule has 8 nitrogen and oxygen atoms in total. The number of aromatic nitrogens is 3. The van der Waals surface area contributed by atoms with Gasteiger partial charge in [0.1, 0.15) is 5.75 Å². The van der Waals surface area contributed by atoms with E-state index in [1.54, 1.807) is 13.3 Å². The Bertz CT molecular complexity index is 1150. The van der Waals surface area contributed by atoms with Gasteiger partial charge >= 0.3 is 0 Å². The minimum Gasteiger partial charge on any atom is -0.497 e. The van der Waals surface area contributed by atoms with E-state index in [-0.39, 0.29) is 11.9 Å². The Morgan fingerprint density at radius 3 is 2.93 bits per heavy atom. The van der Waals surface area contributed by atoms with Gasteiger partial charge in [0.05, 0.1) is 37.6 Å². The quantitative estimate of drug-likeness (QED) is 0.703. The number of hydrogen-bond acceptors (Lipinski definition) is 6. The van der Waals surface area contributed by atoms with Crippen LogP contribution in [0.4, 0.5) is 5.95 Å². The molecule has 0 aliphatic carbocycles. The molecule has 1 saturated heterocycles. The molecule has 8 heteroatoms. The number of carbonyl (C=O) groups excluding carboxylic acids is 1. The summed E-state index contributed by atoms with van der Waals surface area (Å²) in [6.45, 7) is 3.60. The number of amides is 1. The lowest BCUT2D eigenvalue weighted by Gasteiger charge is -2.39. The second-order valence-electron chi connectivity index (χ2n) is 8.03. The van der Waals surface area contributed by atoms with E-state index >= 15 is 0 Å². The van der Waals surface area contributed by atoms with Crippen LogP contribution < -0.4 is 9.64 Å². The summed E-state index contributed by atoms with van der Waals surface area (Å²) < 4.78 is 10.8. The summed E-state index contributed by atoms with van der Waals surface area (Å²) in [6.07, 6.45) is 3.22. The zero-order valence-corrected chi connectivity index (χ0v) is 16.9. The van der Waals surface area contributed by atoms with Crippen molar-refractivity contribution >= 4 is 22.8 Å². The van der Waals surface area contributed by atoms with Crippen molar-refractivity contribution in [1.29, 1.82) is 0 Å². The molecule has 30 heavy (non-hydrogen) atoms. The van der Waals surface area contributed by atoms with Gasteiger partial charge in [-0.3, -0.25) is 4.79 Å². The smallest absolute Gasteiger partial charge is 0.257 e. The summed E-state index contributed by atoms with van der Waals surface area (Å²) in [5.41, 5.74) is 4.95. The van der Waals surface area contributed by atoms with E-state index in [2.05, 4.69) is 20.9 Å². The first-order valence-electron chi connectivity index (χ1n) is 10.4. The Kier molecular flexibility index (Phi) is 3.95. The molecule has 0 spiro atoms. The summed E-state index contributed by atoms with van der Waals surface area (Å²) in [4.78, 5) is 30.2. The van der Waals surface area contributed by atoms with Crippen LogP contribution in [0.3, 0.4) is 0 Å². The molecule has 1 N–H and O–H groups in total. The van der Waals surface area contributed by atoms with E-state index in [0.29, 0.717) is 37.7 Å². The number of methoxy groups -OCH3 is 1. The van der Waals surface area contributed by atoms with Crippen molar-refractivity contribution in [2.45, 2.75) is 18.9 Å². The molecule has 5 heterocycles.